The Morgan fingerprint density at radius 3 is 1.13 bits per heavy atom. The third-order valence-electron chi connectivity index (χ3n) is 21.7. The summed E-state index contributed by atoms with van der Waals surface area (Å²) in [6.07, 6.45) is 4.38. The van der Waals surface area contributed by atoms with E-state index in [9.17, 15) is 106 Å². The van der Waals surface area contributed by atoms with Crippen LogP contribution in [0.5, 0.6) is 0 Å². The molecule has 12 rings (SSSR count). The van der Waals surface area contributed by atoms with Gasteiger partial charge in [-0.05, 0) is 212 Å². The van der Waals surface area contributed by atoms with Crippen molar-refractivity contribution in [3.8, 4) is 0 Å². The molecule has 126 heavy (non-hydrogen) atoms. The number of carboxylic acids is 1. The Kier molecular flexibility index (Phi) is 43.6. The van der Waals surface area contributed by atoms with Crippen molar-refractivity contribution in [1.29, 1.82) is 0 Å². The van der Waals surface area contributed by atoms with Crippen LogP contribution in [0.4, 0.5) is 64.1 Å². The number of rotatable bonds is 22. The third-order valence-corrected chi connectivity index (χ3v) is 28.9. The Labute approximate surface area is 743 Å². The van der Waals surface area contributed by atoms with Gasteiger partial charge in [-0.15, -0.1) is 0 Å². The molecule has 6 aromatic rings. The summed E-state index contributed by atoms with van der Waals surface area (Å²) in [5.74, 6) is -0.680. The maximum atomic E-state index is 13.2. The van der Waals surface area contributed by atoms with E-state index >= 15 is 0 Å². The Morgan fingerprint density at radius 2 is 0.794 bits per heavy atom. The first-order chi connectivity index (χ1) is 58.4. The van der Waals surface area contributed by atoms with Crippen molar-refractivity contribution in [1.82, 2.24) is 33.5 Å². The number of nitrogens with one attached hydrogen (secondary N) is 2. The summed E-state index contributed by atoms with van der Waals surface area (Å²) in [4.78, 5) is 56.9. The van der Waals surface area contributed by atoms with Gasteiger partial charge in [0, 0.05) is 130 Å². The van der Waals surface area contributed by atoms with E-state index < -0.39 is 136 Å². The Bertz CT molecular complexity index is 4870. The van der Waals surface area contributed by atoms with Crippen molar-refractivity contribution < 1.29 is 144 Å². The molecule has 8 heterocycles. The topological polar surface area (TPSA) is 366 Å². The maximum Gasteiger partial charge on any atom is 1.00 e. The number of pyridine rings is 2. The van der Waals surface area contributed by atoms with Crippen molar-refractivity contribution in [2.24, 2.45) is 17.6 Å². The molecular weight excluding hydrogens is 1780 g/mol. The summed E-state index contributed by atoms with van der Waals surface area (Å²) < 4.78 is 264. The fourth-order valence-electron chi connectivity index (χ4n) is 15.1. The molecule has 1 amide bonds. The van der Waals surface area contributed by atoms with E-state index in [2.05, 4.69) is 52.0 Å². The van der Waals surface area contributed by atoms with Gasteiger partial charge in [0.1, 0.15) is 0 Å². The molecule has 2 aromatic heterocycles. The number of sulfonamides is 3. The number of aliphatic carboxylic acids is 1. The van der Waals surface area contributed by atoms with Crippen molar-refractivity contribution in [2.45, 2.75) is 210 Å². The smallest absolute Gasteiger partial charge is 0.870 e. The molecule has 0 aliphatic carbocycles. The third kappa shape index (κ3) is 34.3. The summed E-state index contributed by atoms with van der Waals surface area (Å²) in [5.41, 5.74) is 3.93. The van der Waals surface area contributed by atoms with Crippen molar-refractivity contribution in [3.05, 3.63) is 168 Å². The number of anilines is 2. The number of piperidine rings is 6. The Hall–Kier alpha value is -7.73. The van der Waals surface area contributed by atoms with E-state index in [1.165, 1.54) is 68.1 Å². The molecule has 0 radical (unpaired) electrons. The molecule has 4 atom stereocenters. The number of carboxylic acid groups (broad SMARTS) is 1. The molecule has 0 bridgehead atoms. The fraction of sp³-hybridized carbons (Fsp3) is 0.537. The van der Waals surface area contributed by atoms with E-state index in [-0.39, 0.29) is 75.1 Å². The van der Waals surface area contributed by atoms with Crippen LogP contribution in [0.3, 0.4) is 0 Å². The average molecular weight is 1890 g/mol. The minimum absolute atomic E-state index is 0. The minimum Gasteiger partial charge on any atom is -0.870 e. The van der Waals surface area contributed by atoms with Crippen LogP contribution in [0.25, 0.3) is 0 Å². The molecule has 6 N–H and O–H groups in total. The predicted molar refractivity (Wildman–Crippen MR) is 441 cm³/mol. The van der Waals surface area contributed by atoms with Crippen molar-refractivity contribution in [2.75, 3.05) is 89.5 Å². The molecule has 4 aromatic carbocycles. The molecule has 6 aliphatic heterocycles. The minimum atomic E-state index is -4.64. The van der Waals surface area contributed by atoms with E-state index in [0.29, 0.717) is 94.1 Å². The van der Waals surface area contributed by atoms with Crippen LogP contribution >= 0.6 is 10.7 Å². The number of carbonyl (C=O) groups excluding carboxylic acids is 3. The number of esters is 2. The standard InChI is InChI=1S/C26H33F3N4O3S.C15H18F3NO4S.C14H16F3NO4S.C12H19N3.C8H15NO2.C7H4ClF3O2S.Li.H2O/c27-26(28,29)21-4-3-6-24(18-21)37(35,36)33-15-2-1-5-23(33)19-25(34)31-14-7-20-10-16-32(17-11-20)22-8-12-30-13-9-22;1-23-14(20)10-12-6-2-3-8-19(12)24(21,22)13-7-4-5-11(9-13)15(16,17)18;15-14(16,17)10-4-3-6-12(8-10)23(21,22)18-7-2-1-5-11(18)9-13(19)20;13-6-1-11-4-9-15(10-5-11)12-2-7-14-8-3-12;1-11-8(10)6-7-4-2-3-5-9-7;8-14(12,13)6-3-1-2-5(4-6)7(9,10)11;;/h3-4,6,8-9,12-13,18,20,23H,1-2,5,7,10-11,14-17,19H2,(H,31,34);4-5,7,9,12H,2-3,6,8,10H2,1H3;3-4,6,8,11H,1-2,5,7,9H2,(H,19,20);2-3,7-8,11H,1,4-6,9-10,13H2;7,9H,2-6H2,1H3;1-4H;;1H2/q;;;;;;+1;/p-1. The molecule has 6 aliphatic rings. The monoisotopic (exact) mass is 1880 g/mol. The number of benzene rings is 4. The maximum absolute atomic E-state index is 13.2. The van der Waals surface area contributed by atoms with Crippen LogP contribution < -0.4 is 45.0 Å². The van der Waals surface area contributed by atoms with Crippen LogP contribution in [0, 0.1) is 11.8 Å². The zero-order valence-electron chi connectivity index (χ0n) is 69.8. The van der Waals surface area contributed by atoms with Crippen LogP contribution in [-0.2, 0) is 92.5 Å². The molecule has 44 heteroatoms. The average Bonchev–Trinajstić information content (AvgIpc) is 0.788. The van der Waals surface area contributed by atoms with Gasteiger partial charge in [0.05, 0.1) is 75.3 Å². The molecule has 26 nitrogen and oxygen atoms in total. The quantitative estimate of drug-likeness (QED) is 0.0212. The number of alkyl halides is 12. The molecule has 696 valence electrons. The number of aromatic nitrogens is 2. The Balaban J connectivity index is 0.000000280. The molecule has 4 unspecified atom stereocenters. The van der Waals surface area contributed by atoms with E-state index in [4.69, 9.17) is 21.5 Å². The number of methoxy groups -OCH3 is 2. The van der Waals surface area contributed by atoms with Gasteiger partial charge in [0.15, 0.2) is 0 Å². The summed E-state index contributed by atoms with van der Waals surface area (Å²) >= 11 is 0. The van der Waals surface area contributed by atoms with Gasteiger partial charge in [-0.2, -0.15) is 65.6 Å². The van der Waals surface area contributed by atoms with E-state index in [1.807, 2.05) is 24.5 Å². The molecule has 0 saturated carbocycles. The SMILES string of the molecule is COC(=O)CC1CCCCN1.COC(=O)CC1CCCCN1S(=O)(=O)c1cccc(C(F)(F)F)c1.NCCC1CCN(c2ccncc2)CC1.O=C(CC1CCCCN1S(=O)(=O)c1cccc(C(F)(F)F)c1)NCCC1CCN(c2ccncc2)CC1.O=C(O)CC1CCCCN1S(=O)(=O)c1cccc(C(F)(F)F)c1.O=S(=O)(Cl)c1cccc(C(F)(F)F)c1.[Li+].[OH-]. The van der Waals surface area contributed by atoms with Gasteiger partial charge in [-0.1, -0.05) is 49.9 Å². The first-order valence-electron chi connectivity index (χ1n) is 40.4. The summed E-state index contributed by atoms with van der Waals surface area (Å²) in [6, 6.07) is 20.8. The number of carbonyl (C=O) groups is 4. The normalized spacial score (nSPS) is 19.1. The number of nitrogens with zero attached hydrogens (tertiary/aromatic N) is 7. The molecule has 6 saturated heterocycles. The number of hydrogen-bond acceptors (Lipinski definition) is 21. The van der Waals surface area contributed by atoms with Gasteiger partial charge in [-0.3, -0.25) is 29.1 Å². The number of nitrogens with two attached hydrogens (primary N) is 1. The first kappa shape index (κ1) is 109. The largest absolute Gasteiger partial charge is 1.00 e. The molecular formula is C82H106ClF12LiN10O16S4. The number of hydrogen-bond donors (Lipinski definition) is 4. The number of ether oxygens (including phenoxy) is 2. The van der Waals surface area contributed by atoms with Gasteiger partial charge >= 0.3 is 61.5 Å². The second-order valence-electron chi connectivity index (χ2n) is 30.3. The summed E-state index contributed by atoms with van der Waals surface area (Å²) in [7, 11) is -9.04. The first-order valence-corrected chi connectivity index (χ1v) is 47.0. The summed E-state index contributed by atoms with van der Waals surface area (Å²) in [5, 5.41) is 15.1. The number of amides is 1. The molecule has 6 fully saturated rings. The summed E-state index contributed by atoms with van der Waals surface area (Å²) in [6.45, 7) is 7.08. The second-order valence-corrected chi connectivity index (χ2v) is 38.6. The zero-order chi connectivity index (χ0) is 91.3. The van der Waals surface area contributed by atoms with E-state index in [1.54, 1.807) is 12.4 Å². The van der Waals surface area contributed by atoms with Crippen molar-refractivity contribution >= 4 is 85.0 Å². The fourth-order valence-corrected chi connectivity index (χ4v) is 21.1. The number of halogens is 13. The van der Waals surface area contributed by atoms with E-state index in [0.717, 1.165) is 159 Å². The van der Waals surface area contributed by atoms with Crippen LogP contribution in [-0.4, -0.2) is 195 Å². The zero-order valence-corrected chi connectivity index (χ0v) is 73.8. The van der Waals surface area contributed by atoms with Gasteiger partial charge in [-0.25, -0.2) is 33.7 Å². The van der Waals surface area contributed by atoms with Gasteiger partial charge in [0.25, 0.3) is 9.05 Å². The predicted octanol–water partition coefficient (Wildman–Crippen LogP) is 11.8. The van der Waals surface area contributed by atoms with Gasteiger partial charge < -0.3 is 46.2 Å². The van der Waals surface area contributed by atoms with Gasteiger partial charge in [0.2, 0.25) is 36.0 Å². The van der Waals surface area contributed by atoms with Crippen LogP contribution in [0.2, 0.25) is 0 Å². The van der Waals surface area contributed by atoms with Crippen molar-refractivity contribution in [3.63, 3.8) is 0 Å². The van der Waals surface area contributed by atoms with Crippen LogP contribution in [0.1, 0.15) is 164 Å². The Morgan fingerprint density at radius 1 is 0.460 bits per heavy atom. The van der Waals surface area contributed by atoms with Crippen LogP contribution in [0.15, 0.2) is 166 Å². The second kappa shape index (κ2) is 50.4. The molecule has 0 spiro atoms.